The van der Waals surface area contributed by atoms with Gasteiger partial charge in [0.05, 0.1) is 11.8 Å². The molecule has 1 fully saturated rings. The van der Waals surface area contributed by atoms with Crippen LogP contribution in [0.25, 0.3) is 0 Å². The van der Waals surface area contributed by atoms with E-state index in [0.29, 0.717) is 25.9 Å². The Bertz CT molecular complexity index is 577. The fraction of sp³-hybridized carbons (Fsp3) is 0.556. The molecular weight excluding hydrogens is 311 g/mol. The first-order chi connectivity index (χ1) is 11.5. The Morgan fingerprint density at radius 1 is 1.38 bits per heavy atom. The van der Waals surface area contributed by atoms with E-state index in [9.17, 15) is 14.0 Å². The van der Waals surface area contributed by atoms with Crippen LogP contribution in [0.2, 0.25) is 0 Å². The van der Waals surface area contributed by atoms with E-state index >= 15 is 0 Å². The molecule has 1 aromatic carbocycles. The van der Waals surface area contributed by atoms with Gasteiger partial charge in [0, 0.05) is 19.5 Å². The van der Waals surface area contributed by atoms with Gasteiger partial charge in [-0.05, 0) is 51.2 Å². The van der Waals surface area contributed by atoms with E-state index in [4.69, 9.17) is 4.74 Å². The number of carbonyl (C=O) groups is 2. The number of carbonyl (C=O) groups excluding carboxylic acids is 2. The number of nitrogens with one attached hydrogen (secondary N) is 1. The van der Waals surface area contributed by atoms with Crippen LogP contribution in [0, 0.1) is 11.7 Å². The molecule has 1 aliphatic rings. The van der Waals surface area contributed by atoms with E-state index < -0.39 is 5.82 Å². The van der Waals surface area contributed by atoms with Crippen molar-refractivity contribution in [2.75, 3.05) is 18.4 Å². The Hall–Kier alpha value is -2.11. The largest absolute Gasteiger partial charge is 0.447 e. The molecule has 0 aromatic heterocycles. The molecule has 1 aliphatic heterocycles. The minimum Gasteiger partial charge on any atom is -0.447 e. The summed E-state index contributed by atoms with van der Waals surface area (Å²) < 4.78 is 18.7. The number of halogens is 1. The molecule has 6 heteroatoms. The van der Waals surface area contributed by atoms with Gasteiger partial charge in [0.1, 0.15) is 5.82 Å². The van der Waals surface area contributed by atoms with E-state index in [1.165, 1.54) is 12.1 Å². The van der Waals surface area contributed by atoms with Crippen LogP contribution in [-0.2, 0) is 9.53 Å². The maximum absolute atomic E-state index is 13.5. The molecule has 24 heavy (non-hydrogen) atoms. The number of nitrogens with zero attached hydrogens (tertiary/aromatic N) is 1. The van der Waals surface area contributed by atoms with Gasteiger partial charge in [-0.15, -0.1) is 0 Å². The zero-order valence-electron chi connectivity index (χ0n) is 14.3. The van der Waals surface area contributed by atoms with E-state index in [2.05, 4.69) is 5.32 Å². The number of rotatable bonds is 5. The first-order valence-corrected chi connectivity index (χ1v) is 8.45. The molecule has 5 nitrogen and oxygen atoms in total. The van der Waals surface area contributed by atoms with Gasteiger partial charge in [-0.1, -0.05) is 12.1 Å². The van der Waals surface area contributed by atoms with Crippen molar-refractivity contribution in [3.05, 3.63) is 30.1 Å². The third-order valence-electron chi connectivity index (χ3n) is 4.04. The molecule has 1 saturated heterocycles. The van der Waals surface area contributed by atoms with Crippen LogP contribution in [0.15, 0.2) is 24.3 Å². The minimum absolute atomic E-state index is 0.135. The summed E-state index contributed by atoms with van der Waals surface area (Å²) in [7, 11) is 0. The number of benzene rings is 1. The summed E-state index contributed by atoms with van der Waals surface area (Å²) in [6.07, 6.45) is 2.46. The highest BCUT2D eigenvalue weighted by Crippen LogP contribution is 2.22. The summed E-state index contributed by atoms with van der Waals surface area (Å²) in [6.45, 7) is 4.96. The number of para-hydroxylation sites is 1. The number of hydrogen-bond acceptors (Lipinski definition) is 3. The van der Waals surface area contributed by atoms with E-state index in [1.54, 1.807) is 17.0 Å². The van der Waals surface area contributed by atoms with Crippen molar-refractivity contribution in [2.24, 2.45) is 5.92 Å². The van der Waals surface area contributed by atoms with Gasteiger partial charge >= 0.3 is 6.09 Å². The normalized spacial score (nSPS) is 17.7. The minimum atomic E-state index is -0.439. The quantitative estimate of drug-likeness (QED) is 0.890. The lowest BCUT2D eigenvalue weighted by Gasteiger charge is -2.32. The van der Waals surface area contributed by atoms with Crippen LogP contribution in [-0.4, -0.2) is 36.1 Å². The van der Waals surface area contributed by atoms with E-state index in [1.807, 2.05) is 13.8 Å². The van der Waals surface area contributed by atoms with Crippen LogP contribution < -0.4 is 5.32 Å². The number of anilines is 1. The van der Waals surface area contributed by atoms with Gasteiger partial charge < -0.3 is 15.0 Å². The Morgan fingerprint density at radius 2 is 2.12 bits per heavy atom. The molecule has 1 heterocycles. The summed E-state index contributed by atoms with van der Waals surface area (Å²) in [5.41, 5.74) is 0.202. The van der Waals surface area contributed by atoms with Crippen molar-refractivity contribution in [3.8, 4) is 0 Å². The topological polar surface area (TPSA) is 58.6 Å². The maximum Gasteiger partial charge on any atom is 0.410 e. The SMILES string of the molecule is CC(C)OC(=O)N1CCC[C@@H](CCC(=O)Nc2ccccc2F)C1. The van der Waals surface area contributed by atoms with E-state index in [-0.39, 0.29) is 29.7 Å². The lowest BCUT2D eigenvalue weighted by atomic mass is 9.93. The van der Waals surface area contributed by atoms with Gasteiger partial charge in [0.25, 0.3) is 0 Å². The number of amides is 2. The summed E-state index contributed by atoms with van der Waals surface area (Å²) in [5, 5.41) is 2.59. The van der Waals surface area contributed by atoms with Crippen molar-refractivity contribution in [3.63, 3.8) is 0 Å². The van der Waals surface area contributed by atoms with Crippen molar-refractivity contribution in [1.29, 1.82) is 0 Å². The zero-order chi connectivity index (χ0) is 17.5. The van der Waals surface area contributed by atoms with Crippen LogP contribution in [0.3, 0.4) is 0 Å². The third-order valence-corrected chi connectivity index (χ3v) is 4.04. The summed E-state index contributed by atoms with van der Waals surface area (Å²) >= 11 is 0. The molecule has 2 amide bonds. The highest BCUT2D eigenvalue weighted by atomic mass is 19.1. The molecule has 0 unspecified atom stereocenters. The Kier molecular flexibility index (Phi) is 6.58. The highest BCUT2D eigenvalue weighted by molar-refractivity contribution is 5.90. The standard InChI is InChI=1S/C18H25FN2O3/c1-13(2)24-18(23)21-11-5-6-14(12-21)9-10-17(22)20-16-8-4-3-7-15(16)19/h3-4,7-8,13-14H,5-6,9-12H2,1-2H3,(H,20,22)/t14-/m0/s1. The molecular formula is C18H25FN2O3. The molecule has 0 bridgehead atoms. The Balaban J connectivity index is 1.78. The Labute approximate surface area is 142 Å². The predicted molar refractivity (Wildman–Crippen MR) is 90.2 cm³/mol. The smallest absolute Gasteiger partial charge is 0.410 e. The molecule has 1 atom stereocenters. The number of hydrogen-bond donors (Lipinski definition) is 1. The predicted octanol–water partition coefficient (Wildman–Crippen LogP) is 3.80. The van der Waals surface area contributed by atoms with Crippen LogP contribution in [0.5, 0.6) is 0 Å². The van der Waals surface area contributed by atoms with E-state index in [0.717, 1.165) is 12.8 Å². The number of ether oxygens (including phenoxy) is 1. The van der Waals surface area contributed by atoms with Gasteiger partial charge in [0.2, 0.25) is 5.91 Å². The van der Waals surface area contributed by atoms with Crippen molar-refractivity contribution >= 4 is 17.7 Å². The monoisotopic (exact) mass is 336 g/mol. The molecule has 0 radical (unpaired) electrons. The molecule has 2 rings (SSSR count). The van der Waals surface area contributed by atoms with Crippen molar-refractivity contribution in [2.45, 2.75) is 45.6 Å². The second-order valence-electron chi connectivity index (χ2n) is 6.45. The second-order valence-corrected chi connectivity index (χ2v) is 6.45. The number of likely N-dealkylation sites (tertiary alicyclic amines) is 1. The molecule has 0 spiro atoms. The number of piperidine rings is 1. The van der Waals surface area contributed by atoms with Gasteiger partial charge in [0.15, 0.2) is 0 Å². The van der Waals surface area contributed by atoms with Gasteiger partial charge in [-0.25, -0.2) is 9.18 Å². The fourth-order valence-electron chi connectivity index (χ4n) is 2.85. The lowest BCUT2D eigenvalue weighted by Crippen LogP contribution is -2.41. The summed E-state index contributed by atoms with van der Waals surface area (Å²) in [4.78, 5) is 25.7. The van der Waals surface area contributed by atoms with Gasteiger partial charge in [-0.3, -0.25) is 4.79 Å². The second kappa shape index (κ2) is 8.66. The van der Waals surface area contributed by atoms with Crippen LogP contribution in [0.1, 0.15) is 39.5 Å². The molecule has 1 aromatic rings. The fourth-order valence-corrected chi connectivity index (χ4v) is 2.85. The summed E-state index contributed by atoms with van der Waals surface area (Å²) in [6, 6.07) is 6.11. The molecule has 132 valence electrons. The van der Waals surface area contributed by atoms with Crippen LogP contribution >= 0.6 is 0 Å². The summed E-state index contributed by atoms with van der Waals surface area (Å²) in [5.74, 6) is -0.377. The average molecular weight is 336 g/mol. The zero-order valence-corrected chi connectivity index (χ0v) is 14.3. The highest BCUT2D eigenvalue weighted by Gasteiger charge is 2.25. The average Bonchev–Trinajstić information content (AvgIpc) is 2.55. The first kappa shape index (κ1) is 18.2. The van der Waals surface area contributed by atoms with Crippen molar-refractivity contribution in [1.82, 2.24) is 4.90 Å². The molecule has 0 saturated carbocycles. The third kappa shape index (κ3) is 5.51. The molecule has 1 N–H and O–H groups in total. The van der Waals surface area contributed by atoms with Crippen molar-refractivity contribution < 1.29 is 18.7 Å². The maximum atomic E-state index is 13.5. The lowest BCUT2D eigenvalue weighted by molar-refractivity contribution is -0.116. The first-order valence-electron chi connectivity index (χ1n) is 8.45. The molecule has 0 aliphatic carbocycles. The van der Waals surface area contributed by atoms with Gasteiger partial charge in [-0.2, -0.15) is 0 Å². The Morgan fingerprint density at radius 3 is 2.83 bits per heavy atom. The van der Waals surface area contributed by atoms with Crippen LogP contribution in [0.4, 0.5) is 14.9 Å².